The molecule has 2 N–H and O–H groups in total. The molecule has 0 aromatic rings. The number of amides is 1. The zero-order valence-electron chi connectivity index (χ0n) is 9.45. The lowest BCUT2D eigenvalue weighted by molar-refractivity contribution is -0.134. The van der Waals surface area contributed by atoms with Gasteiger partial charge in [0.25, 0.3) is 0 Å². The van der Waals surface area contributed by atoms with Crippen LogP contribution in [0.2, 0.25) is 0 Å². The summed E-state index contributed by atoms with van der Waals surface area (Å²) in [7, 11) is 0. The van der Waals surface area contributed by atoms with E-state index >= 15 is 0 Å². The standard InChI is InChI=1S/C12H22N2O/c13-9-11-4-6-14(7-5-11)12(15)8-10-2-1-3-10/h10-11H,1-9,13H2. The number of nitrogens with two attached hydrogens (primary N) is 1. The predicted octanol–water partition coefficient (Wildman–Crippen LogP) is 1.37. The van der Waals surface area contributed by atoms with E-state index in [4.69, 9.17) is 5.73 Å². The Hall–Kier alpha value is -0.570. The van der Waals surface area contributed by atoms with E-state index in [0.29, 0.717) is 17.7 Å². The second-order valence-electron chi connectivity index (χ2n) is 5.06. The van der Waals surface area contributed by atoms with Crippen molar-refractivity contribution in [1.29, 1.82) is 0 Å². The molecule has 0 unspecified atom stereocenters. The molecule has 1 heterocycles. The van der Waals surface area contributed by atoms with Gasteiger partial charge in [0.05, 0.1) is 0 Å². The van der Waals surface area contributed by atoms with Crippen molar-refractivity contribution in [2.24, 2.45) is 17.6 Å². The van der Waals surface area contributed by atoms with Crippen molar-refractivity contribution < 1.29 is 4.79 Å². The first-order valence-corrected chi connectivity index (χ1v) is 6.27. The lowest BCUT2D eigenvalue weighted by atomic mass is 9.82. The van der Waals surface area contributed by atoms with Crippen molar-refractivity contribution in [1.82, 2.24) is 4.90 Å². The van der Waals surface area contributed by atoms with Gasteiger partial charge >= 0.3 is 0 Å². The molecule has 0 aromatic heterocycles. The SMILES string of the molecule is NCC1CCN(C(=O)CC2CCC2)CC1. The molecule has 0 spiro atoms. The Bertz CT molecular complexity index is 218. The minimum Gasteiger partial charge on any atom is -0.343 e. The Labute approximate surface area is 92.0 Å². The lowest BCUT2D eigenvalue weighted by Gasteiger charge is -2.33. The summed E-state index contributed by atoms with van der Waals surface area (Å²) in [6.07, 6.45) is 6.87. The molecule has 15 heavy (non-hydrogen) atoms. The van der Waals surface area contributed by atoms with E-state index in [1.54, 1.807) is 0 Å². The maximum absolute atomic E-state index is 11.9. The van der Waals surface area contributed by atoms with Crippen LogP contribution in [0.25, 0.3) is 0 Å². The first-order chi connectivity index (χ1) is 7.29. The molecule has 0 bridgehead atoms. The Morgan fingerprint density at radius 2 is 1.80 bits per heavy atom. The van der Waals surface area contributed by atoms with Crippen LogP contribution in [-0.2, 0) is 4.79 Å². The van der Waals surface area contributed by atoms with E-state index < -0.39 is 0 Å². The average Bonchev–Trinajstić information content (AvgIpc) is 2.23. The summed E-state index contributed by atoms with van der Waals surface area (Å²) in [6, 6.07) is 0. The smallest absolute Gasteiger partial charge is 0.222 e. The quantitative estimate of drug-likeness (QED) is 0.765. The molecule has 1 saturated heterocycles. The van der Waals surface area contributed by atoms with Gasteiger partial charge in [0, 0.05) is 19.5 Å². The zero-order valence-corrected chi connectivity index (χ0v) is 9.45. The Balaban J connectivity index is 1.71. The van der Waals surface area contributed by atoms with Crippen molar-refractivity contribution >= 4 is 5.91 Å². The molecular weight excluding hydrogens is 188 g/mol. The van der Waals surface area contributed by atoms with Gasteiger partial charge in [-0.05, 0) is 44.1 Å². The number of hydrogen-bond acceptors (Lipinski definition) is 2. The molecule has 86 valence electrons. The summed E-state index contributed by atoms with van der Waals surface area (Å²) in [5.74, 6) is 1.73. The van der Waals surface area contributed by atoms with Crippen LogP contribution < -0.4 is 5.73 Å². The highest BCUT2D eigenvalue weighted by molar-refractivity contribution is 5.76. The largest absolute Gasteiger partial charge is 0.343 e. The molecule has 3 nitrogen and oxygen atoms in total. The summed E-state index contributed by atoms with van der Waals surface area (Å²) in [6.45, 7) is 2.66. The molecule has 3 heteroatoms. The molecule has 1 aliphatic heterocycles. The summed E-state index contributed by atoms with van der Waals surface area (Å²) in [5, 5.41) is 0. The predicted molar refractivity (Wildman–Crippen MR) is 60.3 cm³/mol. The third-order valence-corrected chi connectivity index (χ3v) is 3.99. The van der Waals surface area contributed by atoms with Crippen LogP contribution in [0.1, 0.15) is 38.5 Å². The van der Waals surface area contributed by atoms with Crippen LogP contribution in [0, 0.1) is 11.8 Å². The van der Waals surface area contributed by atoms with E-state index in [9.17, 15) is 4.79 Å². The van der Waals surface area contributed by atoms with Crippen LogP contribution in [0.15, 0.2) is 0 Å². The van der Waals surface area contributed by atoms with Crippen molar-refractivity contribution in [2.45, 2.75) is 38.5 Å². The summed E-state index contributed by atoms with van der Waals surface area (Å²) >= 11 is 0. The van der Waals surface area contributed by atoms with E-state index in [2.05, 4.69) is 0 Å². The highest BCUT2D eigenvalue weighted by atomic mass is 16.2. The maximum Gasteiger partial charge on any atom is 0.222 e. The molecule has 2 fully saturated rings. The summed E-state index contributed by atoms with van der Waals surface area (Å²) < 4.78 is 0. The van der Waals surface area contributed by atoms with E-state index in [1.807, 2.05) is 4.90 Å². The van der Waals surface area contributed by atoms with Crippen molar-refractivity contribution in [3.8, 4) is 0 Å². The second-order valence-corrected chi connectivity index (χ2v) is 5.06. The highest BCUT2D eigenvalue weighted by Gasteiger charge is 2.26. The van der Waals surface area contributed by atoms with E-state index in [-0.39, 0.29) is 0 Å². The number of rotatable bonds is 3. The summed E-state index contributed by atoms with van der Waals surface area (Å²) in [4.78, 5) is 13.9. The van der Waals surface area contributed by atoms with E-state index in [0.717, 1.165) is 38.9 Å². The van der Waals surface area contributed by atoms with Crippen LogP contribution in [0.4, 0.5) is 0 Å². The number of nitrogens with zero attached hydrogens (tertiary/aromatic N) is 1. The molecule has 0 radical (unpaired) electrons. The number of carbonyl (C=O) groups excluding carboxylic acids is 1. The third-order valence-electron chi connectivity index (χ3n) is 3.99. The van der Waals surface area contributed by atoms with Gasteiger partial charge in [-0.2, -0.15) is 0 Å². The van der Waals surface area contributed by atoms with Crippen LogP contribution in [0.3, 0.4) is 0 Å². The van der Waals surface area contributed by atoms with Gasteiger partial charge in [-0.25, -0.2) is 0 Å². The molecule has 1 aliphatic carbocycles. The minimum atomic E-state index is 0.384. The van der Waals surface area contributed by atoms with Gasteiger partial charge in [-0.1, -0.05) is 6.42 Å². The van der Waals surface area contributed by atoms with E-state index in [1.165, 1.54) is 19.3 Å². The topological polar surface area (TPSA) is 46.3 Å². The Morgan fingerprint density at radius 3 is 2.27 bits per heavy atom. The molecule has 1 saturated carbocycles. The van der Waals surface area contributed by atoms with Gasteiger partial charge in [-0.3, -0.25) is 4.79 Å². The fourth-order valence-corrected chi connectivity index (χ4v) is 2.49. The van der Waals surface area contributed by atoms with Crippen LogP contribution in [-0.4, -0.2) is 30.4 Å². The molecule has 2 aliphatic rings. The molecule has 0 atom stereocenters. The fraction of sp³-hybridized carbons (Fsp3) is 0.917. The number of carbonyl (C=O) groups is 1. The van der Waals surface area contributed by atoms with Gasteiger partial charge in [0.2, 0.25) is 5.91 Å². The normalized spacial score (nSPS) is 23.9. The van der Waals surface area contributed by atoms with Crippen molar-refractivity contribution in [3.05, 3.63) is 0 Å². The lowest BCUT2D eigenvalue weighted by Crippen LogP contribution is -2.41. The Morgan fingerprint density at radius 1 is 1.13 bits per heavy atom. The zero-order chi connectivity index (χ0) is 10.7. The Kier molecular flexibility index (Phi) is 3.62. The van der Waals surface area contributed by atoms with Crippen LogP contribution in [0.5, 0.6) is 0 Å². The first kappa shape index (κ1) is 10.9. The fourth-order valence-electron chi connectivity index (χ4n) is 2.49. The maximum atomic E-state index is 11.9. The number of likely N-dealkylation sites (tertiary alicyclic amines) is 1. The number of piperidine rings is 1. The third kappa shape index (κ3) is 2.71. The number of hydrogen-bond donors (Lipinski definition) is 1. The van der Waals surface area contributed by atoms with Crippen LogP contribution >= 0.6 is 0 Å². The first-order valence-electron chi connectivity index (χ1n) is 6.27. The van der Waals surface area contributed by atoms with Crippen molar-refractivity contribution in [3.63, 3.8) is 0 Å². The highest BCUT2D eigenvalue weighted by Crippen LogP contribution is 2.30. The molecule has 2 rings (SSSR count). The summed E-state index contributed by atoms with van der Waals surface area (Å²) in [5.41, 5.74) is 5.63. The van der Waals surface area contributed by atoms with Gasteiger partial charge in [0.1, 0.15) is 0 Å². The molecule has 1 amide bonds. The molecule has 0 aromatic carbocycles. The minimum absolute atomic E-state index is 0.384. The monoisotopic (exact) mass is 210 g/mol. The van der Waals surface area contributed by atoms with Gasteiger partial charge in [0.15, 0.2) is 0 Å². The van der Waals surface area contributed by atoms with Crippen molar-refractivity contribution in [2.75, 3.05) is 19.6 Å². The second kappa shape index (κ2) is 4.97. The van der Waals surface area contributed by atoms with Gasteiger partial charge < -0.3 is 10.6 Å². The van der Waals surface area contributed by atoms with Gasteiger partial charge in [-0.15, -0.1) is 0 Å². The molecular formula is C12H22N2O. The average molecular weight is 210 g/mol.